The first kappa shape index (κ1) is 18.2. The van der Waals surface area contributed by atoms with Crippen LogP contribution in [0, 0.1) is 10.1 Å². The third-order valence-corrected chi connectivity index (χ3v) is 4.22. The fourth-order valence-electron chi connectivity index (χ4n) is 2.82. The second kappa shape index (κ2) is 8.63. The molecule has 2 rings (SSSR count). The van der Waals surface area contributed by atoms with Crippen molar-refractivity contribution in [3.8, 4) is 0 Å². The first-order chi connectivity index (χ1) is 11.6. The molecule has 24 heavy (non-hydrogen) atoms. The molecular weight excluding hydrogens is 310 g/mol. The molecule has 0 radical (unpaired) electrons. The summed E-state index contributed by atoms with van der Waals surface area (Å²) in [6, 6.07) is 4.79. The van der Waals surface area contributed by atoms with Gasteiger partial charge in [-0.05, 0) is 25.5 Å². The van der Waals surface area contributed by atoms with Crippen LogP contribution in [-0.4, -0.2) is 55.1 Å². The highest BCUT2D eigenvalue weighted by molar-refractivity contribution is 5.95. The zero-order valence-electron chi connectivity index (χ0n) is 14.4. The number of carbonyl (C=O) groups is 1. The van der Waals surface area contributed by atoms with E-state index in [1.54, 1.807) is 17.0 Å². The van der Waals surface area contributed by atoms with Gasteiger partial charge in [0.2, 0.25) is 0 Å². The molecule has 1 aliphatic rings. The van der Waals surface area contributed by atoms with Crippen molar-refractivity contribution in [2.45, 2.75) is 26.7 Å². The van der Waals surface area contributed by atoms with Gasteiger partial charge in [0.25, 0.3) is 11.6 Å². The Balaban J connectivity index is 2.28. The van der Waals surface area contributed by atoms with E-state index in [1.807, 2.05) is 11.8 Å². The minimum Gasteiger partial charge on any atom is -0.378 e. The maximum atomic E-state index is 12.5. The second-order valence-electron chi connectivity index (χ2n) is 5.80. The number of benzene rings is 1. The van der Waals surface area contributed by atoms with Crippen molar-refractivity contribution in [1.29, 1.82) is 0 Å². The minimum absolute atomic E-state index is 0.00735. The van der Waals surface area contributed by atoms with Crippen molar-refractivity contribution in [3.05, 3.63) is 33.9 Å². The van der Waals surface area contributed by atoms with E-state index in [0.29, 0.717) is 44.1 Å². The van der Waals surface area contributed by atoms with Crippen molar-refractivity contribution in [2.75, 3.05) is 44.3 Å². The summed E-state index contributed by atoms with van der Waals surface area (Å²) < 4.78 is 5.24. The van der Waals surface area contributed by atoms with E-state index in [4.69, 9.17) is 4.74 Å². The maximum Gasteiger partial charge on any atom is 0.293 e. The number of morpholine rings is 1. The lowest BCUT2D eigenvalue weighted by Gasteiger charge is -2.27. The molecule has 1 aromatic rings. The average Bonchev–Trinajstić information content (AvgIpc) is 2.62. The molecule has 7 heteroatoms. The number of anilines is 1. The minimum atomic E-state index is -0.403. The van der Waals surface area contributed by atoms with Gasteiger partial charge in [0.05, 0.1) is 18.1 Å². The Kier molecular flexibility index (Phi) is 6.54. The lowest BCUT2D eigenvalue weighted by atomic mass is 10.1. The molecule has 1 heterocycles. The van der Waals surface area contributed by atoms with E-state index < -0.39 is 4.92 Å². The van der Waals surface area contributed by atoms with Crippen molar-refractivity contribution < 1.29 is 14.5 Å². The average molecular weight is 335 g/mol. The molecule has 7 nitrogen and oxygen atoms in total. The zero-order chi connectivity index (χ0) is 17.5. The molecule has 0 aromatic heterocycles. The predicted octanol–water partition coefficient (Wildman–Crippen LogP) is 2.69. The van der Waals surface area contributed by atoms with Crippen LogP contribution in [0.3, 0.4) is 0 Å². The van der Waals surface area contributed by atoms with E-state index in [0.717, 1.165) is 19.4 Å². The SMILES string of the molecule is CCCCN(CC)c1ccc(C(=O)N2CCOCC2)cc1[N+](=O)[O-]. The van der Waals surface area contributed by atoms with Gasteiger partial charge < -0.3 is 14.5 Å². The summed E-state index contributed by atoms with van der Waals surface area (Å²) in [5.74, 6) is -0.176. The lowest BCUT2D eigenvalue weighted by molar-refractivity contribution is -0.384. The van der Waals surface area contributed by atoms with Crippen LogP contribution in [0.5, 0.6) is 0 Å². The molecule has 1 aromatic carbocycles. The fourth-order valence-corrected chi connectivity index (χ4v) is 2.82. The van der Waals surface area contributed by atoms with E-state index in [1.165, 1.54) is 6.07 Å². The van der Waals surface area contributed by atoms with Crippen LogP contribution in [0.2, 0.25) is 0 Å². The van der Waals surface area contributed by atoms with Crippen LogP contribution in [-0.2, 0) is 4.74 Å². The number of nitro groups is 1. The van der Waals surface area contributed by atoms with Crippen LogP contribution in [0.1, 0.15) is 37.0 Å². The molecule has 1 saturated heterocycles. The number of nitrogens with zero attached hydrogens (tertiary/aromatic N) is 3. The molecule has 0 saturated carbocycles. The molecular formula is C17H25N3O4. The zero-order valence-corrected chi connectivity index (χ0v) is 14.4. The van der Waals surface area contributed by atoms with Crippen LogP contribution in [0.4, 0.5) is 11.4 Å². The first-order valence-electron chi connectivity index (χ1n) is 8.48. The first-order valence-corrected chi connectivity index (χ1v) is 8.48. The molecule has 132 valence electrons. The fraction of sp³-hybridized carbons (Fsp3) is 0.588. The quantitative estimate of drug-likeness (QED) is 0.565. The van der Waals surface area contributed by atoms with Gasteiger partial charge in [0.15, 0.2) is 0 Å². The van der Waals surface area contributed by atoms with Crippen LogP contribution < -0.4 is 4.90 Å². The van der Waals surface area contributed by atoms with Gasteiger partial charge in [0, 0.05) is 37.8 Å². The summed E-state index contributed by atoms with van der Waals surface area (Å²) in [7, 11) is 0. The van der Waals surface area contributed by atoms with E-state index >= 15 is 0 Å². The molecule has 0 spiro atoms. The largest absolute Gasteiger partial charge is 0.378 e. The summed E-state index contributed by atoms with van der Waals surface area (Å²) >= 11 is 0. The van der Waals surface area contributed by atoms with E-state index in [-0.39, 0.29) is 11.6 Å². The molecule has 1 aliphatic heterocycles. The Labute approximate surface area is 142 Å². The predicted molar refractivity (Wildman–Crippen MR) is 92.6 cm³/mol. The maximum absolute atomic E-state index is 12.5. The lowest BCUT2D eigenvalue weighted by Crippen LogP contribution is -2.40. The highest BCUT2D eigenvalue weighted by Crippen LogP contribution is 2.30. The van der Waals surface area contributed by atoms with Crippen molar-refractivity contribution in [1.82, 2.24) is 4.90 Å². The highest BCUT2D eigenvalue weighted by Gasteiger charge is 2.24. The van der Waals surface area contributed by atoms with Gasteiger partial charge in [-0.15, -0.1) is 0 Å². The van der Waals surface area contributed by atoms with E-state index in [2.05, 4.69) is 6.92 Å². The molecule has 1 amide bonds. The highest BCUT2D eigenvalue weighted by atomic mass is 16.6. The van der Waals surface area contributed by atoms with E-state index in [9.17, 15) is 14.9 Å². The molecule has 0 atom stereocenters. The summed E-state index contributed by atoms with van der Waals surface area (Å²) in [5.41, 5.74) is 0.931. The van der Waals surface area contributed by atoms with Gasteiger partial charge in [-0.2, -0.15) is 0 Å². The standard InChI is InChI=1S/C17H25N3O4/c1-3-5-8-18(4-2)15-7-6-14(13-16(15)20(22)23)17(21)19-9-11-24-12-10-19/h6-7,13H,3-5,8-12H2,1-2H3. The summed E-state index contributed by atoms with van der Waals surface area (Å²) in [4.78, 5) is 27.3. The number of hydrogen-bond donors (Lipinski definition) is 0. The molecule has 0 bridgehead atoms. The Bertz CT molecular complexity index is 585. The number of unbranched alkanes of at least 4 members (excludes halogenated alkanes) is 1. The Morgan fingerprint density at radius 1 is 1.33 bits per heavy atom. The number of nitro benzene ring substituents is 1. The summed E-state index contributed by atoms with van der Waals surface area (Å²) in [6.45, 7) is 7.58. The number of amides is 1. The number of hydrogen-bond acceptors (Lipinski definition) is 5. The van der Waals surface area contributed by atoms with Crippen molar-refractivity contribution in [3.63, 3.8) is 0 Å². The third-order valence-electron chi connectivity index (χ3n) is 4.22. The van der Waals surface area contributed by atoms with Gasteiger partial charge in [-0.3, -0.25) is 14.9 Å². The van der Waals surface area contributed by atoms with Crippen LogP contribution in [0.15, 0.2) is 18.2 Å². The van der Waals surface area contributed by atoms with Gasteiger partial charge in [-0.1, -0.05) is 13.3 Å². The molecule has 0 N–H and O–H groups in total. The second-order valence-corrected chi connectivity index (χ2v) is 5.80. The number of carbonyl (C=O) groups excluding carboxylic acids is 1. The van der Waals surface area contributed by atoms with Gasteiger partial charge >= 0.3 is 0 Å². The molecule has 1 fully saturated rings. The number of ether oxygens (including phenoxy) is 1. The Morgan fingerprint density at radius 3 is 2.62 bits per heavy atom. The molecule has 0 unspecified atom stereocenters. The van der Waals surface area contributed by atoms with Gasteiger partial charge in [-0.25, -0.2) is 0 Å². The third kappa shape index (κ3) is 4.23. The summed E-state index contributed by atoms with van der Waals surface area (Å²) in [6.07, 6.45) is 2.00. The topological polar surface area (TPSA) is 75.9 Å². The number of rotatable bonds is 7. The normalized spacial score (nSPS) is 14.5. The van der Waals surface area contributed by atoms with Crippen molar-refractivity contribution >= 4 is 17.3 Å². The van der Waals surface area contributed by atoms with Gasteiger partial charge in [0.1, 0.15) is 5.69 Å². The van der Waals surface area contributed by atoms with Crippen LogP contribution in [0.25, 0.3) is 0 Å². The van der Waals surface area contributed by atoms with Crippen LogP contribution >= 0.6 is 0 Å². The monoisotopic (exact) mass is 335 g/mol. The Hall–Kier alpha value is -2.15. The molecule has 0 aliphatic carbocycles. The Morgan fingerprint density at radius 2 is 2.04 bits per heavy atom. The van der Waals surface area contributed by atoms with Crippen molar-refractivity contribution in [2.24, 2.45) is 0 Å². The smallest absolute Gasteiger partial charge is 0.293 e. The summed E-state index contributed by atoms with van der Waals surface area (Å²) in [5, 5.41) is 11.5.